The van der Waals surface area contributed by atoms with Crippen LogP contribution in [0.5, 0.6) is 0 Å². The van der Waals surface area contributed by atoms with Gasteiger partial charge in [0.15, 0.2) is 0 Å². The Kier molecular flexibility index (Phi) is 5.80. The molecule has 2 amide bonds. The minimum atomic E-state index is -0.184. The van der Waals surface area contributed by atoms with E-state index in [2.05, 4.69) is 25.4 Å². The first-order valence-corrected chi connectivity index (χ1v) is 10.6. The molecule has 2 aromatic heterocycles. The van der Waals surface area contributed by atoms with Crippen molar-refractivity contribution in [2.24, 2.45) is 0 Å². The molecule has 2 aromatic rings. The second-order valence-electron chi connectivity index (χ2n) is 7.18. The lowest BCUT2D eigenvalue weighted by atomic mass is 9.86. The maximum atomic E-state index is 12.4. The third kappa shape index (κ3) is 4.46. The molecule has 8 nitrogen and oxygen atoms in total. The lowest BCUT2D eigenvalue weighted by Gasteiger charge is -2.35. The molecule has 1 aliphatic carbocycles. The van der Waals surface area contributed by atoms with Crippen molar-refractivity contribution in [3.8, 4) is 0 Å². The first-order valence-electron chi connectivity index (χ1n) is 9.76. The van der Waals surface area contributed by atoms with Crippen LogP contribution in [0.25, 0.3) is 0 Å². The van der Waals surface area contributed by atoms with Gasteiger partial charge < -0.3 is 15.1 Å². The highest BCUT2D eigenvalue weighted by atomic mass is 32.1. The Hall–Kier alpha value is -2.55. The fourth-order valence-electron chi connectivity index (χ4n) is 3.39. The minimum absolute atomic E-state index is 0.0169. The van der Waals surface area contributed by atoms with Gasteiger partial charge in [0.25, 0.3) is 0 Å². The number of anilines is 2. The summed E-state index contributed by atoms with van der Waals surface area (Å²) < 4.78 is 0. The van der Waals surface area contributed by atoms with Gasteiger partial charge in [0, 0.05) is 51.1 Å². The highest BCUT2D eigenvalue weighted by Crippen LogP contribution is 2.38. The van der Waals surface area contributed by atoms with Gasteiger partial charge in [-0.3, -0.25) is 9.59 Å². The summed E-state index contributed by atoms with van der Waals surface area (Å²) in [5.74, 6) is 1.28. The minimum Gasteiger partial charge on any atom is -0.353 e. The van der Waals surface area contributed by atoms with Crippen molar-refractivity contribution in [1.82, 2.24) is 20.1 Å². The average Bonchev–Trinajstić information content (AvgIpc) is 3.13. The van der Waals surface area contributed by atoms with Crippen LogP contribution in [0.15, 0.2) is 24.4 Å². The summed E-state index contributed by atoms with van der Waals surface area (Å²) in [5.41, 5.74) is 0. The second kappa shape index (κ2) is 8.64. The lowest BCUT2D eigenvalue weighted by molar-refractivity contribution is -0.133. The molecule has 0 aromatic carbocycles. The standard InChI is InChI=1S/C19H24N6O2S/c26-16(21-19-23-22-18(28-19)14-4-3-5-14)7-8-17(27)25-12-10-24(11-13-25)15-6-1-2-9-20-15/h1-2,6,9,14H,3-5,7-8,10-13H2,(H,21,23,26). The first-order chi connectivity index (χ1) is 13.7. The zero-order valence-electron chi connectivity index (χ0n) is 15.7. The quantitative estimate of drug-likeness (QED) is 0.800. The van der Waals surface area contributed by atoms with E-state index < -0.39 is 0 Å². The molecule has 2 aliphatic rings. The third-order valence-corrected chi connectivity index (χ3v) is 6.31. The van der Waals surface area contributed by atoms with Gasteiger partial charge >= 0.3 is 0 Å². The Bertz CT molecular complexity index is 815. The van der Waals surface area contributed by atoms with E-state index in [1.165, 1.54) is 17.8 Å². The van der Waals surface area contributed by atoms with Crippen LogP contribution < -0.4 is 10.2 Å². The molecule has 148 valence electrons. The summed E-state index contributed by atoms with van der Waals surface area (Å²) in [5, 5.41) is 12.5. The van der Waals surface area contributed by atoms with Crippen molar-refractivity contribution in [2.75, 3.05) is 36.4 Å². The maximum Gasteiger partial charge on any atom is 0.226 e. The highest BCUT2D eigenvalue weighted by Gasteiger charge is 2.24. The van der Waals surface area contributed by atoms with Gasteiger partial charge in [-0.1, -0.05) is 23.8 Å². The monoisotopic (exact) mass is 400 g/mol. The van der Waals surface area contributed by atoms with Crippen LogP contribution in [0.4, 0.5) is 10.9 Å². The van der Waals surface area contributed by atoms with Crippen LogP contribution >= 0.6 is 11.3 Å². The van der Waals surface area contributed by atoms with E-state index in [9.17, 15) is 9.59 Å². The van der Waals surface area contributed by atoms with Crippen LogP contribution in [0.2, 0.25) is 0 Å². The van der Waals surface area contributed by atoms with E-state index in [0.29, 0.717) is 24.1 Å². The second-order valence-corrected chi connectivity index (χ2v) is 8.19. The topological polar surface area (TPSA) is 91.3 Å². The fraction of sp³-hybridized carbons (Fsp3) is 0.526. The Morgan fingerprint density at radius 3 is 2.61 bits per heavy atom. The third-order valence-electron chi connectivity index (χ3n) is 5.31. The average molecular weight is 401 g/mol. The summed E-state index contributed by atoms with van der Waals surface area (Å²) >= 11 is 1.44. The summed E-state index contributed by atoms with van der Waals surface area (Å²) in [6.45, 7) is 2.81. The van der Waals surface area contributed by atoms with Crippen molar-refractivity contribution >= 4 is 34.1 Å². The summed E-state index contributed by atoms with van der Waals surface area (Å²) in [4.78, 5) is 32.9. The number of amides is 2. The number of nitrogens with zero attached hydrogens (tertiary/aromatic N) is 5. The number of carbonyl (C=O) groups excluding carboxylic acids is 2. The van der Waals surface area contributed by atoms with Crippen LogP contribution in [0, 0.1) is 0 Å². The van der Waals surface area contributed by atoms with Gasteiger partial charge in [-0.2, -0.15) is 0 Å². The first kappa shape index (κ1) is 18.8. The smallest absolute Gasteiger partial charge is 0.226 e. The molecule has 3 heterocycles. The molecular formula is C19H24N6O2S. The van der Waals surface area contributed by atoms with Gasteiger partial charge in [0.05, 0.1) is 0 Å². The summed E-state index contributed by atoms with van der Waals surface area (Å²) in [6.07, 6.45) is 5.71. The van der Waals surface area contributed by atoms with E-state index in [1.54, 1.807) is 6.20 Å². The summed E-state index contributed by atoms with van der Waals surface area (Å²) in [7, 11) is 0. The molecule has 0 bridgehead atoms. The Morgan fingerprint density at radius 1 is 1.11 bits per heavy atom. The van der Waals surface area contributed by atoms with E-state index >= 15 is 0 Å². The molecule has 0 radical (unpaired) electrons. The Labute approximate surface area is 168 Å². The predicted octanol–water partition coefficient (Wildman–Crippen LogP) is 2.27. The largest absolute Gasteiger partial charge is 0.353 e. The molecule has 0 atom stereocenters. The number of hydrogen-bond acceptors (Lipinski definition) is 7. The molecule has 28 heavy (non-hydrogen) atoms. The number of piperazine rings is 1. The van der Waals surface area contributed by atoms with Gasteiger partial charge in [-0.15, -0.1) is 10.2 Å². The zero-order chi connectivity index (χ0) is 19.3. The molecular weight excluding hydrogens is 376 g/mol. The van der Waals surface area contributed by atoms with Crippen LogP contribution in [-0.4, -0.2) is 58.1 Å². The highest BCUT2D eigenvalue weighted by molar-refractivity contribution is 7.15. The van der Waals surface area contributed by atoms with Crippen LogP contribution in [0.1, 0.15) is 43.0 Å². The molecule has 1 saturated carbocycles. The number of pyridine rings is 1. The molecule has 4 rings (SSSR count). The Morgan fingerprint density at radius 2 is 1.93 bits per heavy atom. The SMILES string of the molecule is O=C(CCC(=O)N1CCN(c2ccccn2)CC1)Nc1nnc(C2CCC2)s1. The molecule has 1 N–H and O–H groups in total. The molecule has 1 aliphatic heterocycles. The molecule has 9 heteroatoms. The van der Waals surface area contributed by atoms with Crippen molar-refractivity contribution in [3.63, 3.8) is 0 Å². The van der Waals surface area contributed by atoms with Crippen LogP contribution in [-0.2, 0) is 9.59 Å². The normalized spacial score (nSPS) is 17.3. The van der Waals surface area contributed by atoms with E-state index in [4.69, 9.17) is 0 Å². The lowest BCUT2D eigenvalue weighted by Crippen LogP contribution is -2.49. The Balaban J connectivity index is 1.19. The molecule has 0 spiro atoms. The number of hydrogen-bond donors (Lipinski definition) is 1. The van der Waals surface area contributed by atoms with Crippen molar-refractivity contribution in [2.45, 2.75) is 38.0 Å². The molecule has 2 fully saturated rings. The predicted molar refractivity (Wildman–Crippen MR) is 107 cm³/mol. The summed E-state index contributed by atoms with van der Waals surface area (Å²) in [6, 6.07) is 5.83. The van der Waals surface area contributed by atoms with Crippen molar-refractivity contribution in [3.05, 3.63) is 29.4 Å². The van der Waals surface area contributed by atoms with Crippen LogP contribution in [0.3, 0.4) is 0 Å². The number of aromatic nitrogens is 3. The van der Waals surface area contributed by atoms with Gasteiger partial charge in [-0.05, 0) is 25.0 Å². The van der Waals surface area contributed by atoms with E-state index in [0.717, 1.165) is 36.8 Å². The van der Waals surface area contributed by atoms with Crippen molar-refractivity contribution < 1.29 is 9.59 Å². The number of carbonyl (C=O) groups is 2. The maximum absolute atomic E-state index is 12.4. The fourth-order valence-corrected chi connectivity index (χ4v) is 4.32. The number of rotatable bonds is 6. The zero-order valence-corrected chi connectivity index (χ0v) is 16.5. The van der Waals surface area contributed by atoms with Gasteiger partial charge in [0.1, 0.15) is 10.8 Å². The molecule has 0 unspecified atom stereocenters. The van der Waals surface area contributed by atoms with Gasteiger partial charge in [-0.25, -0.2) is 4.98 Å². The van der Waals surface area contributed by atoms with E-state index in [-0.39, 0.29) is 24.7 Å². The van der Waals surface area contributed by atoms with Gasteiger partial charge in [0.2, 0.25) is 16.9 Å². The van der Waals surface area contributed by atoms with E-state index in [1.807, 2.05) is 23.1 Å². The number of nitrogens with one attached hydrogen (secondary N) is 1. The molecule has 1 saturated heterocycles. The van der Waals surface area contributed by atoms with Crippen molar-refractivity contribution in [1.29, 1.82) is 0 Å².